The first-order valence-corrected chi connectivity index (χ1v) is 4.16. The van der Waals surface area contributed by atoms with Crippen LogP contribution in [0.5, 0.6) is 0 Å². The summed E-state index contributed by atoms with van der Waals surface area (Å²) >= 11 is 0. The van der Waals surface area contributed by atoms with E-state index in [0.717, 1.165) is 6.42 Å². The molecule has 2 aliphatic heterocycles. The highest BCUT2D eigenvalue weighted by atomic mass is 16.6. The Morgan fingerprint density at radius 3 is 3.08 bits per heavy atom. The van der Waals surface area contributed by atoms with Gasteiger partial charge in [0, 0.05) is 26.3 Å². The number of fused-ring (bicyclic) bond motifs is 2. The zero-order chi connectivity index (χ0) is 8.72. The van der Waals surface area contributed by atoms with Crippen LogP contribution in [0.25, 0.3) is 0 Å². The Morgan fingerprint density at radius 2 is 2.42 bits per heavy atom. The molecular formula is C8H11NO3. The predicted molar refractivity (Wildman–Crippen MR) is 40.3 cm³/mol. The smallest absolute Gasteiger partial charge is 0.329 e. The number of hydrogen-bond acceptors (Lipinski definition) is 3. The van der Waals surface area contributed by atoms with Crippen molar-refractivity contribution in [2.45, 2.75) is 31.9 Å². The minimum absolute atomic E-state index is 0.0303. The monoisotopic (exact) mass is 169 g/mol. The molecule has 2 saturated heterocycles. The first-order valence-electron chi connectivity index (χ1n) is 4.16. The Morgan fingerprint density at radius 1 is 1.67 bits per heavy atom. The summed E-state index contributed by atoms with van der Waals surface area (Å²) < 4.78 is 5.03. The molecule has 66 valence electrons. The third-order valence-electron chi connectivity index (χ3n) is 2.51. The zero-order valence-electron chi connectivity index (χ0n) is 6.95. The lowest BCUT2D eigenvalue weighted by atomic mass is 10.0. The molecule has 2 bridgehead atoms. The molecule has 0 aromatic rings. The van der Waals surface area contributed by atoms with Crippen LogP contribution in [0.4, 0.5) is 0 Å². The van der Waals surface area contributed by atoms with Crippen LogP contribution >= 0.6 is 0 Å². The largest absolute Gasteiger partial charge is 0.461 e. The fourth-order valence-corrected chi connectivity index (χ4v) is 1.88. The second-order valence-electron chi connectivity index (χ2n) is 3.31. The fraction of sp³-hybridized carbons (Fsp3) is 0.750. The number of amides is 1. The molecule has 0 saturated carbocycles. The number of ether oxygens (including phenoxy) is 1. The number of esters is 1. The lowest BCUT2D eigenvalue weighted by Crippen LogP contribution is -2.44. The number of rotatable bonds is 0. The van der Waals surface area contributed by atoms with Crippen LogP contribution < -0.4 is 0 Å². The lowest BCUT2D eigenvalue weighted by molar-refractivity contribution is -0.146. The summed E-state index contributed by atoms with van der Waals surface area (Å²) in [5.74, 6) is -0.259. The van der Waals surface area contributed by atoms with Gasteiger partial charge in [-0.3, -0.25) is 4.79 Å². The maximum atomic E-state index is 11.2. The summed E-state index contributed by atoms with van der Waals surface area (Å²) in [5, 5.41) is 0. The predicted octanol–water partition coefficient (Wildman–Crippen LogP) is -0.0773. The van der Waals surface area contributed by atoms with Crippen LogP contribution in [0.2, 0.25) is 0 Å². The molecule has 4 heteroatoms. The van der Waals surface area contributed by atoms with Gasteiger partial charge in [0.1, 0.15) is 12.1 Å². The maximum absolute atomic E-state index is 11.2. The number of carbonyl (C=O) groups excluding carboxylic acids is 2. The Hall–Kier alpha value is -1.06. The molecule has 0 unspecified atom stereocenters. The van der Waals surface area contributed by atoms with Gasteiger partial charge >= 0.3 is 5.97 Å². The molecule has 2 heterocycles. The molecule has 2 aliphatic rings. The van der Waals surface area contributed by atoms with Gasteiger partial charge < -0.3 is 9.64 Å². The van der Waals surface area contributed by atoms with Gasteiger partial charge in [0.2, 0.25) is 5.91 Å². The van der Waals surface area contributed by atoms with Crippen molar-refractivity contribution in [3.05, 3.63) is 0 Å². The van der Waals surface area contributed by atoms with Gasteiger partial charge in [-0.2, -0.15) is 0 Å². The average molecular weight is 169 g/mol. The normalized spacial score (nSPS) is 33.4. The molecule has 1 amide bonds. The van der Waals surface area contributed by atoms with Crippen molar-refractivity contribution in [2.75, 3.05) is 6.54 Å². The third-order valence-corrected chi connectivity index (χ3v) is 2.51. The van der Waals surface area contributed by atoms with Gasteiger partial charge in [-0.25, -0.2) is 4.79 Å². The van der Waals surface area contributed by atoms with Crippen LogP contribution in [-0.4, -0.2) is 35.5 Å². The van der Waals surface area contributed by atoms with Crippen molar-refractivity contribution >= 4 is 11.9 Å². The van der Waals surface area contributed by atoms with E-state index in [1.165, 1.54) is 6.92 Å². The van der Waals surface area contributed by atoms with E-state index in [9.17, 15) is 9.59 Å². The summed E-state index contributed by atoms with van der Waals surface area (Å²) in [5.41, 5.74) is 0. The van der Waals surface area contributed by atoms with E-state index in [-0.39, 0.29) is 24.0 Å². The topological polar surface area (TPSA) is 46.6 Å². The molecule has 2 atom stereocenters. The Kier molecular flexibility index (Phi) is 1.56. The van der Waals surface area contributed by atoms with Crippen molar-refractivity contribution in [1.29, 1.82) is 0 Å². The number of hydrogen-bond donors (Lipinski definition) is 0. The Labute approximate surface area is 70.5 Å². The van der Waals surface area contributed by atoms with E-state index in [2.05, 4.69) is 0 Å². The van der Waals surface area contributed by atoms with Gasteiger partial charge in [-0.1, -0.05) is 0 Å². The fourth-order valence-electron chi connectivity index (χ4n) is 1.88. The highest BCUT2D eigenvalue weighted by Gasteiger charge is 2.43. The zero-order valence-corrected chi connectivity index (χ0v) is 6.95. The number of nitrogens with zero attached hydrogens (tertiary/aromatic N) is 1. The van der Waals surface area contributed by atoms with E-state index < -0.39 is 0 Å². The summed E-state index contributed by atoms with van der Waals surface area (Å²) in [4.78, 5) is 23.8. The number of carbonyl (C=O) groups is 2. The summed E-state index contributed by atoms with van der Waals surface area (Å²) in [7, 11) is 0. The molecule has 0 spiro atoms. The molecule has 0 aromatic heterocycles. The van der Waals surface area contributed by atoms with Crippen molar-refractivity contribution in [1.82, 2.24) is 4.90 Å². The molecule has 2 rings (SSSR count). The summed E-state index contributed by atoms with van der Waals surface area (Å²) in [6, 6.07) is -0.291. The quantitative estimate of drug-likeness (QED) is 0.476. The van der Waals surface area contributed by atoms with Crippen LogP contribution in [-0.2, 0) is 14.3 Å². The van der Waals surface area contributed by atoms with E-state index >= 15 is 0 Å². The first kappa shape index (κ1) is 7.58. The Balaban J connectivity index is 2.18. The average Bonchev–Trinajstić information content (AvgIpc) is 2.28. The number of piperidine rings is 1. The third kappa shape index (κ3) is 0.983. The van der Waals surface area contributed by atoms with Crippen LogP contribution in [0.15, 0.2) is 0 Å². The molecule has 0 radical (unpaired) electrons. The van der Waals surface area contributed by atoms with Crippen LogP contribution in [0.3, 0.4) is 0 Å². The standard InChI is InChI=1S/C8H11NO3/c1-5(10)9-3-2-6-4-7(9)8(11)12-6/h6-7H,2-4H2,1H3/t6-,7+/m1/s1. The minimum Gasteiger partial charge on any atom is -0.461 e. The summed E-state index contributed by atoms with van der Waals surface area (Å²) in [6.07, 6.45) is 1.55. The van der Waals surface area contributed by atoms with Crippen molar-refractivity contribution in [3.8, 4) is 0 Å². The summed E-state index contributed by atoms with van der Waals surface area (Å²) in [6.45, 7) is 2.16. The van der Waals surface area contributed by atoms with Crippen LogP contribution in [0, 0.1) is 0 Å². The van der Waals surface area contributed by atoms with Crippen molar-refractivity contribution < 1.29 is 14.3 Å². The molecule has 0 aliphatic carbocycles. The van der Waals surface area contributed by atoms with Gasteiger partial charge in [-0.05, 0) is 0 Å². The van der Waals surface area contributed by atoms with E-state index in [1.54, 1.807) is 4.90 Å². The van der Waals surface area contributed by atoms with Gasteiger partial charge in [0.15, 0.2) is 0 Å². The Bertz CT molecular complexity index is 238. The molecule has 12 heavy (non-hydrogen) atoms. The maximum Gasteiger partial charge on any atom is 0.329 e. The lowest BCUT2D eigenvalue weighted by Gasteiger charge is -2.28. The van der Waals surface area contributed by atoms with Crippen molar-refractivity contribution in [3.63, 3.8) is 0 Å². The van der Waals surface area contributed by atoms with Gasteiger partial charge in [-0.15, -0.1) is 0 Å². The molecule has 0 aromatic carbocycles. The highest BCUT2D eigenvalue weighted by molar-refractivity contribution is 5.85. The minimum atomic E-state index is -0.291. The molecule has 2 fully saturated rings. The highest BCUT2D eigenvalue weighted by Crippen LogP contribution is 2.27. The second kappa shape index (κ2) is 2.47. The SMILES string of the molecule is CC(=O)N1CC[C@@H]2C[C@H]1C(=O)O2. The number of likely N-dealkylation sites (tertiary alicyclic amines) is 1. The van der Waals surface area contributed by atoms with E-state index in [4.69, 9.17) is 4.74 Å². The first-order chi connectivity index (χ1) is 5.68. The molecule has 0 N–H and O–H groups in total. The molecular weight excluding hydrogens is 158 g/mol. The second-order valence-corrected chi connectivity index (χ2v) is 3.31. The molecule has 4 nitrogen and oxygen atoms in total. The van der Waals surface area contributed by atoms with Gasteiger partial charge in [0.05, 0.1) is 0 Å². The van der Waals surface area contributed by atoms with E-state index in [0.29, 0.717) is 13.0 Å². The van der Waals surface area contributed by atoms with E-state index in [1.807, 2.05) is 0 Å². The van der Waals surface area contributed by atoms with Crippen molar-refractivity contribution in [2.24, 2.45) is 0 Å². The van der Waals surface area contributed by atoms with Gasteiger partial charge in [0.25, 0.3) is 0 Å². The van der Waals surface area contributed by atoms with Crippen LogP contribution in [0.1, 0.15) is 19.8 Å².